The van der Waals surface area contributed by atoms with E-state index in [0.717, 1.165) is 64.9 Å². The van der Waals surface area contributed by atoms with E-state index in [-0.39, 0.29) is 11.3 Å². The third kappa shape index (κ3) is 5.18. The average molecular weight is 433 g/mol. The maximum Gasteiger partial charge on any atom is 0.261 e. The quantitative estimate of drug-likeness (QED) is 0.745. The van der Waals surface area contributed by atoms with Crippen molar-refractivity contribution in [1.29, 1.82) is 0 Å². The number of aryl methyl sites for hydroxylation is 2. The molecule has 2 aromatic heterocycles. The van der Waals surface area contributed by atoms with Gasteiger partial charge in [0.25, 0.3) is 5.91 Å². The first-order valence-corrected chi connectivity index (χ1v) is 11.8. The molecule has 1 atom stereocenters. The lowest BCUT2D eigenvalue weighted by molar-refractivity contribution is 0.0125. The minimum Gasteiger partial charge on any atom is -0.379 e. The lowest BCUT2D eigenvalue weighted by Gasteiger charge is -2.35. The van der Waals surface area contributed by atoms with Crippen LogP contribution < -0.4 is 5.32 Å². The second-order valence-corrected chi connectivity index (χ2v) is 10.8. The molecule has 7 heteroatoms. The fraction of sp³-hybridized carbons (Fsp3) is 0.696. The minimum absolute atomic E-state index is 0.00535. The van der Waals surface area contributed by atoms with E-state index in [1.807, 2.05) is 13.8 Å². The van der Waals surface area contributed by atoms with Gasteiger partial charge in [0.05, 0.1) is 23.8 Å². The third-order valence-electron chi connectivity index (χ3n) is 5.65. The minimum atomic E-state index is -0.124. The Hall–Kier alpha value is -1.57. The normalized spacial score (nSPS) is 16.9. The van der Waals surface area contributed by atoms with Gasteiger partial charge in [0.15, 0.2) is 0 Å². The first-order valence-electron chi connectivity index (χ1n) is 11.0. The molecule has 1 N–H and O–H groups in total. The number of nitrogens with one attached hydrogen (secondary N) is 1. The van der Waals surface area contributed by atoms with Gasteiger partial charge in [0.1, 0.15) is 10.7 Å². The maximum absolute atomic E-state index is 13.1. The zero-order valence-corrected chi connectivity index (χ0v) is 20.3. The van der Waals surface area contributed by atoms with Gasteiger partial charge in [0.2, 0.25) is 0 Å². The molecule has 0 aliphatic carbocycles. The highest BCUT2D eigenvalue weighted by Gasteiger charge is 2.25. The van der Waals surface area contributed by atoms with Gasteiger partial charge in [-0.1, -0.05) is 34.6 Å². The predicted molar refractivity (Wildman–Crippen MR) is 124 cm³/mol. The summed E-state index contributed by atoms with van der Waals surface area (Å²) in [5, 5.41) is 4.23. The molecular weight excluding hydrogens is 396 g/mol. The van der Waals surface area contributed by atoms with Gasteiger partial charge in [-0.3, -0.25) is 9.69 Å². The van der Waals surface area contributed by atoms with Crippen LogP contribution in [0.1, 0.15) is 67.8 Å². The standard InChI is InChI=1S/C23H36N4O2S/c1-14(2)12-17(27-8-10-29-11-9-27)13-24-20(28)19-15(3)18-16(4)25-22(23(5,6)7)26-21(18)30-19/h14,17H,8-13H2,1-7H3,(H,24,28). The first kappa shape index (κ1) is 23.1. The van der Waals surface area contributed by atoms with E-state index in [2.05, 4.69) is 44.8 Å². The Kier molecular flexibility index (Phi) is 7.15. The van der Waals surface area contributed by atoms with E-state index in [1.54, 1.807) is 0 Å². The molecule has 1 saturated heterocycles. The van der Waals surface area contributed by atoms with Gasteiger partial charge in [-0.15, -0.1) is 11.3 Å². The summed E-state index contributed by atoms with van der Waals surface area (Å²) >= 11 is 1.48. The number of morpholine rings is 1. The molecule has 1 aliphatic heterocycles. The second kappa shape index (κ2) is 9.28. The Morgan fingerprint density at radius 2 is 1.87 bits per heavy atom. The average Bonchev–Trinajstić information content (AvgIpc) is 3.02. The van der Waals surface area contributed by atoms with E-state index in [4.69, 9.17) is 14.7 Å². The molecular formula is C23H36N4O2S. The van der Waals surface area contributed by atoms with Crippen molar-refractivity contribution in [2.45, 2.75) is 66.3 Å². The van der Waals surface area contributed by atoms with Crippen LogP contribution in [-0.4, -0.2) is 59.7 Å². The van der Waals surface area contributed by atoms with Crippen molar-refractivity contribution in [3.8, 4) is 0 Å². The molecule has 166 valence electrons. The summed E-state index contributed by atoms with van der Waals surface area (Å²) in [5.74, 6) is 1.40. The molecule has 0 saturated carbocycles. The largest absolute Gasteiger partial charge is 0.379 e. The van der Waals surface area contributed by atoms with E-state index >= 15 is 0 Å². The lowest BCUT2D eigenvalue weighted by atomic mass is 9.95. The highest BCUT2D eigenvalue weighted by molar-refractivity contribution is 7.20. The molecule has 2 aromatic rings. The van der Waals surface area contributed by atoms with Crippen LogP contribution in [-0.2, 0) is 10.2 Å². The second-order valence-electron chi connectivity index (χ2n) is 9.76. The number of amides is 1. The number of hydrogen-bond acceptors (Lipinski definition) is 6. The SMILES string of the molecule is Cc1nc(C(C)(C)C)nc2sc(C(=O)NCC(CC(C)C)N3CCOCC3)c(C)c12. The van der Waals surface area contributed by atoms with E-state index < -0.39 is 0 Å². The van der Waals surface area contributed by atoms with Crippen LogP contribution in [0.25, 0.3) is 10.2 Å². The van der Waals surface area contributed by atoms with Crippen LogP contribution in [0.4, 0.5) is 0 Å². The number of carbonyl (C=O) groups is 1. The van der Waals surface area contributed by atoms with Gasteiger partial charge in [-0.2, -0.15) is 0 Å². The molecule has 3 rings (SSSR count). The van der Waals surface area contributed by atoms with Crippen molar-refractivity contribution in [2.24, 2.45) is 5.92 Å². The van der Waals surface area contributed by atoms with Crippen LogP contribution in [0.3, 0.4) is 0 Å². The van der Waals surface area contributed by atoms with Crippen molar-refractivity contribution in [3.05, 3.63) is 22.0 Å². The van der Waals surface area contributed by atoms with Crippen LogP contribution in [0.15, 0.2) is 0 Å². The van der Waals surface area contributed by atoms with Gasteiger partial charge < -0.3 is 10.1 Å². The number of aromatic nitrogens is 2. The van der Waals surface area contributed by atoms with Crippen LogP contribution in [0.2, 0.25) is 0 Å². The number of carbonyl (C=O) groups excluding carboxylic acids is 1. The van der Waals surface area contributed by atoms with E-state index in [0.29, 0.717) is 18.5 Å². The molecule has 0 bridgehead atoms. The molecule has 0 aromatic carbocycles. The van der Waals surface area contributed by atoms with Crippen LogP contribution in [0, 0.1) is 19.8 Å². The van der Waals surface area contributed by atoms with Crippen LogP contribution in [0.5, 0.6) is 0 Å². The number of thiophene rings is 1. The van der Waals surface area contributed by atoms with Crippen molar-refractivity contribution in [1.82, 2.24) is 20.2 Å². The van der Waals surface area contributed by atoms with Crippen molar-refractivity contribution < 1.29 is 9.53 Å². The van der Waals surface area contributed by atoms with Gasteiger partial charge >= 0.3 is 0 Å². The summed E-state index contributed by atoms with van der Waals surface area (Å²) < 4.78 is 5.50. The summed E-state index contributed by atoms with van der Waals surface area (Å²) in [6, 6.07) is 0.335. The molecule has 1 fully saturated rings. The predicted octanol–water partition coefficient (Wildman–Crippen LogP) is 4.08. The van der Waals surface area contributed by atoms with E-state index in [1.165, 1.54) is 11.3 Å². The summed E-state index contributed by atoms with van der Waals surface area (Å²) in [7, 11) is 0. The van der Waals surface area contributed by atoms with Gasteiger partial charge in [-0.05, 0) is 31.7 Å². The monoisotopic (exact) mass is 432 g/mol. The summed E-state index contributed by atoms with van der Waals surface area (Å²) in [4.78, 5) is 26.7. The Bertz CT molecular complexity index is 895. The maximum atomic E-state index is 13.1. The third-order valence-corrected chi connectivity index (χ3v) is 6.84. The Labute approximate surface area is 184 Å². The highest BCUT2D eigenvalue weighted by atomic mass is 32.1. The number of ether oxygens (including phenoxy) is 1. The molecule has 0 spiro atoms. The number of fused-ring (bicyclic) bond motifs is 1. The summed E-state index contributed by atoms with van der Waals surface area (Å²) in [6.45, 7) is 18.9. The van der Waals surface area contributed by atoms with Gasteiger partial charge in [0, 0.05) is 36.5 Å². The molecule has 1 amide bonds. The molecule has 1 aliphatic rings. The molecule has 3 heterocycles. The smallest absolute Gasteiger partial charge is 0.261 e. The Balaban J connectivity index is 1.80. The number of nitrogens with zero attached hydrogens (tertiary/aromatic N) is 3. The van der Waals surface area contributed by atoms with E-state index in [9.17, 15) is 4.79 Å². The van der Waals surface area contributed by atoms with Gasteiger partial charge in [-0.25, -0.2) is 9.97 Å². The van der Waals surface area contributed by atoms with Crippen molar-refractivity contribution in [3.63, 3.8) is 0 Å². The Morgan fingerprint density at radius 1 is 1.20 bits per heavy atom. The molecule has 0 radical (unpaired) electrons. The fourth-order valence-corrected chi connectivity index (χ4v) is 5.18. The zero-order chi connectivity index (χ0) is 22.1. The summed E-state index contributed by atoms with van der Waals surface area (Å²) in [5.41, 5.74) is 1.81. The van der Waals surface area contributed by atoms with Crippen LogP contribution >= 0.6 is 11.3 Å². The van der Waals surface area contributed by atoms with Crippen molar-refractivity contribution >= 4 is 27.5 Å². The topological polar surface area (TPSA) is 67.4 Å². The number of hydrogen-bond donors (Lipinski definition) is 1. The lowest BCUT2D eigenvalue weighted by Crippen LogP contribution is -2.49. The summed E-state index contributed by atoms with van der Waals surface area (Å²) in [6.07, 6.45) is 1.06. The van der Waals surface area contributed by atoms with Crippen molar-refractivity contribution in [2.75, 3.05) is 32.8 Å². The Morgan fingerprint density at radius 3 is 2.47 bits per heavy atom. The zero-order valence-electron chi connectivity index (χ0n) is 19.5. The first-order chi connectivity index (χ1) is 14.1. The molecule has 30 heavy (non-hydrogen) atoms. The number of rotatable bonds is 6. The highest BCUT2D eigenvalue weighted by Crippen LogP contribution is 2.33. The fourth-order valence-electron chi connectivity index (χ4n) is 4.03. The molecule has 1 unspecified atom stereocenters. The molecule has 6 nitrogen and oxygen atoms in total.